The van der Waals surface area contributed by atoms with E-state index in [1.54, 1.807) is 55.6 Å². The summed E-state index contributed by atoms with van der Waals surface area (Å²) in [6.45, 7) is 1.00. The molecule has 2 aromatic carbocycles. The fraction of sp³-hybridized carbons (Fsp3) is 0.480. The van der Waals surface area contributed by atoms with Crippen LogP contribution in [0.4, 0.5) is 0 Å². The molecule has 0 fully saturated rings. The van der Waals surface area contributed by atoms with Gasteiger partial charge in [-0.15, -0.1) is 0 Å². The first-order chi connectivity index (χ1) is 14.7. The molecule has 0 spiro atoms. The van der Waals surface area contributed by atoms with Crippen molar-refractivity contribution in [3.63, 3.8) is 0 Å². The summed E-state index contributed by atoms with van der Waals surface area (Å²) >= 11 is 0. The number of carbonyl (C=O) groups excluding carboxylic acids is 1. The van der Waals surface area contributed by atoms with Crippen LogP contribution >= 0.6 is 0 Å². The Morgan fingerprint density at radius 1 is 0.700 bits per heavy atom. The molecule has 0 saturated heterocycles. The maximum atomic E-state index is 12.2. The molecule has 0 aromatic heterocycles. The van der Waals surface area contributed by atoms with Gasteiger partial charge in [0.05, 0.1) is 19.3 Å². The summed E-state index contributed by atoms with van der Waals surface area (Å²) in [6.07, 6.45) is 10.6. The predicted octanol–water partition coefficient (Wildman–Crippen LogP) is 5.80. The van der Waals surface area contributed by atoms with E-state index in [1.165, 1.54) is 38.5 Å². The topological polar surface area (TPSA) is 65.0 Å². The summed E-state index contributed by atoms with van der Waals surface area (Å²) in [5, 5.41) is 8.74. The number of esters is 1. The molecule has 0 bridgehead atoms. The van der Waals surface area contributed by atoms with E-state index in [1.807, 2.05) is 0 Å². The lowest BCUT2D eigenvalue weighted by molar-refractivity contribution is 0.0734. The highest BCUT2D eigenvalue weighted by Gasteiger charge is 2.09. The quantitative estimate of drug-likeness (QED) is 0.227. The van der Waals surface area contributed by atoms with Gasteiger partial charge in [-0.1, -0.05) is 44.9 Å². The number of methoxy groups -OCH3 is 1. The van der Waals surface area contributed by atoms with Crippen LogP contribution in [-0.2, 0) is 0 Å². The monoisotopic (exact) mass is 414 g/mol. The molecule has 5 nitrogen and oxygen atoms in total. The van der Waals surface area contributed by atoms with E-state index in [0.29, 0.717) is 30.3 Å². The predicted molar refractivity (Wildman–Crippen MR) is 119 cm³/mol. The van der Waals surface area contributed by atoms with Crippen molar-refractivity contribution in [3.8, 4) is 17.2 Å². The van der Waals surface area contributed by atoms with Crippen molar-refractivity contribution in [3.05, 3.63) is 54.1 Å². The third-order valence-electron chi connectivity index (χ3n) is 4.93. The van der Waals surface area contributed by atoms with Crippen LogP contribution in [0.3, 0.4) is 0 Å². The van der Waals surface area contributed by atoms with Crippen molar-refractivity contribution in [1.29, 1.82) is 0 Å². The molecule has 0 aliphatic heterocycles. The standard InChI is InChI=1S/C25H34O5/c1-28-22-15-17-24(18-16-22)30-25(27)21-11-13-23(14-12-21)29-20-10-8-6-4-2-3-5-7-9-19-26/h11-18,26H,2-10,19-20H2,1H3. The van der Waals surface area contributed by atoms with E-state index in [4.69, 9.17) is 19.3 Å². The first kappa shape index (κ1) is 23.7. The van der Waals surface area contributed by atoms with Crippen molar-refractivity contribution in [2.24, 2.45) is 0 Å². The normalized spacial score (nSPS) is 10.6. The Labute approximate surface area is 180 Å². The molecule has 0 aliphatic rings. The van der Waals surface area contributed by atoms with E-state index in [9.17, 15) is 4.79 Å². The Morgan fingerprint density at radius 3 is 1.77 bits per heavy atom. The molecule has 0 aliphatic carbocycles. The summed E-state index contributed by atoms with van der Waals surface area (Å²) in [5.74, 6) is 1.56. The lowest BCUT2D eigenvalue weighted by Crippen LogP contribution is -2.08. The third-order valence-corrected chi connectivity index (χ3v) is 4.93. The highest BCUT2D eigenvalue weighted by atomic mass is 16.5. The van der Waals surface area contributed by atoms with Gasteiger partial charge in [-0.25, -0.2) is 4.79 Å². The van der Waals surface area contributed by atoms with Gasteiger partial charge in [-0.2, -0.15) is 0 Å². The molecule has 2 rings (SSSR count). The Morgan fingerprint density at radius 2 is 1.20 bits per heavy atom. The molecule has 0 atom stereocenters. The summed E-state index contributed by atoms with van der Waals surface area (Å²) in [4.78, 5) is 12.2. The SMILES string of the molecule is COc1ccc(OC(=O)c2ccc(OCCCCCCCCCCCO)cc2)cc1. The minimum absolute atomic E-state index is 0.316. The second kappa shape index (κ2) is 14.5. The van der Waals surface area contributed by atoms with Gasteiger partial charge in [-0.3, -0.25) is 0 Å². The van der Waals surface area contributed by atoms with Gasteiger partial charge < -0.3 is 19.3 Å². The largest absolute Gasteiger partial charge is 0.497 e. The molecule has 0 unspecified atom stereocenters. The van der Waals surface area contributed by atoms with Crippen molar-refractivity contribution < 1.29 is 24.1 Å². The maximum Gasteiger partial charge on any atom is 0.343 e. The van der Waals surface area contributed by atoms with Gasteiger partial charge in [0.15, 0.2) is 0 Å². The molecule has 0 saturated carbocycles. The second-order valence-corrected chi connectivity index (χ2v) is 7.34. The fourth-order valence-corrected chi connectivity index (χ4v) is 3.14. The van der Waals surface area contributed by atoms with E-state index >= 15 is 0 Å². The molecular formula is C25H34O5. The minimum atomic E-state index is -0.400. The number of ether oxygens (including phenoxy) is 3. The Kier molecular flexibility index (Phi) is 11.4. The minimum Gasteiger partial charge on any atom is -0.497 e. The van der Waals surface area contributed by atoms with Crippen molar-refractivity contribution in [1.82, 2.24) is 0 Å². The van der Waals surface area contributed by atoms with Crippen LogP contribution in [-0.4, -0.2) is 31.4 Å². The smallest absolute Gasteiger partial charge is 0.343 e. The fourth-order valence-electron chi connectivity index (χ4n) is 3.14. The zero-order valence-electron chi connectivity index (χ0n) is 18.0. The van der Waals surface area contributed by atoms with Crippen molar-refractivity contribution in [2.45, 2.75) is 57.8 Å². The average Bonchev–Trinajstić information content (AvgIpc) is 2.78. The molecule has 0 amide bonds. The lowest BCUT2D eigenvalue weighted by Gasteiger charge is -2.08. The Hall–Kier alpha value is -2.53. The van der Waals surface area contributed by atoms with Gasteiger partial charge in [0.1, 0.15) is 17.2 Å². The van der Waals surface area contributed by atoms with E-state index in [0.717, 1.165) is 25.0 Å². The van der Waals surface area contributed by atoms with Gasteiger partial charge in [0, 0.05) is 6.61 Å². The average molecular weight is 415 g/mol. The van der Waals surface area contributed by atoms with Crippen molar-refractivity contribution >= 4 is 5.97 Å². The van der Waals surface area contributed by atoms with Gasteiger partial charge >= 0.3 is 5.97 Å². The van der Waals surface area contributed by atoms with E-state index in [-0.39, 0.29) is 0 Å². The van der Waals surface area contributed by atoms with Crippen LogP contribution in [0, 0.1) is 0 Å². The molecule has 0 heterocycles. The number of benzene rings is 2. The van der Waals surface area contributed by atoms with Crippen LogP contribution in [0.2, 0.25) is 0 Å². The van der Waals surface area contributed by atoms with Crippen LogP contribution in [0.1, 0.15) is 68.1 Å². The van der Waals surface area contributed by atoms with Crippen LogP contribution in [0.25, 0.3) is 0 Å². The number of aliphatic hydroxyl groups excluding tert-OH is 1. The van der Waals surface area contributed by atoms with Crippen molar-refractivity contribution in [2.75, 3.05) is 20.3 Å². The molecule has 1 N–H and O–H groups in total. The third kappa shape index (κ3) is 9.31. The van der Waals surface area contributed by atoms with Crippen LogP contribution in [0.5, 0.6) is 17.2 Å². The van der Waals surface area contributed by atoms with Gasteiger partial charge in [0.25, 0.3) is 0 Å². The molecule has 164 valence electrons. The van der Waals surface area contributed by atoms with Crippen LogP contribution < -0.4 is 14.2 Å². The van der Waals surface area contributed by atoms with E-state index < -0.39 is 5.97 Å². The molecule has 0 radical (unpaired) electrons. The zero-order chi connectivity index (χ0) is 21.4. The molecular weight excluding hydrogens is 380 g/mol. The molecule has 5 heteroatoms. The number of rotatable bonds is 15. The number of hydrogen-bond donors (Lipinski definition) is 1. The van der Waals surface area contributed by atoms with E-state index in [2.05, 4.69) is 0 Å². The zero-order valence-corrected chi connectivity index (χ0v) is 18.0. The van der Waals surface area contributed by atoms with Gasteiger partial charge in [-0.05, 0) is 61.4 Å². The number of aliphatic hydroxyl groups is 1. The summed E-state index contributed by atoms with van der Waals surface area (Å²) in [6, 6.07) is 13.9. The first-order valence-electron chi connectivity index (χ1n) is 10.9. The van der Waals surface area contributed by atoms with Gasteiger partial charge in [0.2, 0.25) is 0 Å². The Bertz CT molecular complexity index is 709. The summed E-state index contributed by atoms with van der Waals surface area (Å²) in [7, 11) is 1.59. The number of unbranched alkanes of at least 4 members (excludes halogenated alkanes) is 8. The first-order valence-corrected chi connectivity index (χ1v) is 10.9. The summed E-state index contributed by atoms with van der Waals surface area (Å²) in [5.41, 5.74) is 0.483. The lowest BCUT2D eigenvalue weighted by atomic mass is 10.1. The molecule has 2 aromatic rings. The summed E-state index contributed by atoms with van der Waals surface area (Å²) < 4.78 is 16.2. The number of hydrogen-bond acceptors (Lipinski definition) is 5. The molecule has 30 heavy (non-hydrogen) atoms. The second-order valence-electron chi connectivity index (χ2n) is 7.34. The highest BCUT2D eigenvalue weighted by molar-refractivity contribution is 5.91. The van der Waals surface area contributed by atoms with Crippen LogP contribution in [0.15, 0.2) is 48.5 Å². The Balaban J connectivity index is 1.58. The maximum absolute atomic E-state index is 12.2. The highest BCUT2D eigenvalue weighted by Crippen LogP contribution is 2.19. The number of carbonyl (C=O) groups is 1.